The molecular weight excluding hydrogens is 571 g/mol. The molecule has 2 aromatic heterocycles. The van der Waals surface area contributed by atoms with Crippen molar-refractivity contribution in [2.75, 3.05) is 5.32 Å². The van der Waals surface area contributed by atoms with Crippen LogP contribution < -0.4 is 5.32 Å². The van der Waals surface area contributed by atoms with Gasteiger partial charge < -0.3 is 16.4 Å². The number of alkyl halides is 3. The van der Waals surface area contributed by atoms with Crippen molar-refractivity contribution in [1.29, 1.82) is 0 Å². The first kappa shape index (κ1) is 21.8. The van der Waals surface area contributed by atoms with E-state index in [-0.39, 0.29) is 36.7 Å². The molecule has 3 aromatic rings. The van der Waals surface area contributed by atoms with Gasteiger partial charge in [-0.3, -0.25) is 14.8 Å². The Kier molecular flexibility index (Phi) is 8.96. The molecule has 0 fully saturated rings. The monoisotopic (exact) mass is 582 g/mol. The molecule has 26 heavy (non-hydrogen) atoms. The van der Waals surface area contributed by atoms with Gasteiger partial charge in [0.1, 0.15) is 6.33 Å². The van der Waals surface area contributed by atoms with Crippen molar-refractivity contribution in [3.8, 4) is 0 Å². The number of halogens is 3. The smallest absolute Gasteiger partial charge is 0.434 e. The summed E-state index contributed by atoms with van der Waals surface area (Å²) in [5, 5.41) is 2.51. The summed E-state index contributed by atoms with van der Waals surface area (Å²) >= 11 is 0. The molecule has 0 unspecified atom stereocenters. The van der Waals surface area contributed by atoms with Gasteiger partial charge in [0, 0.05) is 5.56 Å². The summed E-state index contributed by atoms with van der Waals surface area (Å²) in [7, 11) is 0. The minimum Gasteiger partial charge on any atom is -0.434 e. The van der Waals surface area contributed by atoms with E-state index >= 15 is 0 Å². The van der Waals surface area contributed by atoms with Crippen LogP contribution in [-0.4, -0.2) is 20.9 Å². The van der Waals surface area contributed by atoms with Crippen LogP contribution in [-0.2, 0) is 6.18 Å². The summed E-state index contributed by atoms with van der Waals surface area (Å²) in [6.07, 6.45) is 4.12. The summed E-state index contributed by atoms with van der Waals surface area (Å²) in [4.78, 5) is 22.7. The van der Waals surface area contributed by atoms with E-state index in [2.05, 4.69) is 32.5 Å². The molecule has 0 bridgehead atoms. The van der Waals surface area contributed by atoms with Gasteiger partial charge in [-0.25, -0.2) is 0 Å². The van der Waals surface area contributed by atoms with E-state index in [1.54, 1.807) is 18.5 Å². The number of hydrogen-bond donors (Lipinski definition) is 1. The third-order valence-corrected chi connectivity index (χ3v) is 2.78. The zero-order valence-electron chi connectivity index (χ0n) is 13.2. The van der Waals surface area contributed by atoms with E-state index in [0.717, 1.165) is 24.3 Å². The summed E-state index contributed by atoms with van der Waals surface area (Å²) < 4.78 is 37.1. The van der Waals surface area contributed by atoms with Gasteiger partial charge in [-0.2, -0.15) is 19.2 Å². The maximum absolute atomic E-state index is 12.4. The fourth-order valence-electron chi connectivity index (χ4n) is 1.63. The number of nitrogens with one attached hydrogen (secondary N) is 1. The number of carbonyl (C=O) groups is 1. The number of nitrogens with zero attached hydrogens (tertiary/aromatic N) is 3. The number of amides is 1. The van der Waals surface area contributed by atoms with Gasteiger partial charge in [-0.1, -0.05) is 18.1 Å². The number of pyridine rings is 1. The van der Waals surface area contributed by atoms with Crippen molar-refractivity contribution in [2.24, 2.45) is 0 Å². The molecule has 1 amide bonds. The number of aromatic nitrogens is 3. The molecule has 0 saturated heterocycles. The number of carbonyl (C=O) groups excluding carboxylic acids is 1. The van der Waals surface area contributed by atoms with Crippen LogP contribution in [0.3, 0.4) is 0 Å². The van der Waals surface area contributed by atoms with Crippen LogP contribution in [0.15, 0.2) is 61.3 Å². The summed E-state index contributed by atoms with van der Waals surface area (Å²) in [5.74, 6) is -0.498. The molecular formula is C17H11F3N4OU. The van der Waals surface area contributed by atoms with E-state index < -0.39 is 17.6 Å². The van der Waals surface area contributed by atoms with Crippen LogP contribution in [0.1, 0.15) is 15.9 Å². The van der Waals surface area contributed by atoms with Gasteiger partial charge in [0.05, 0.1) is 5.56 Å². The predicted octanol–water partition coefficient (Wildman–Crippen LogP) is 3.43. The maximum Gasteiger partial charge on any atom is 2.00 e. The molecule has 0 aliphatic carbocycles. The number of hydrogen-bond acceptors (Lipinski definition) is 4. The largest absolute Gasteiger partial charge is 2.00 e. The Morgan fingerprint density at radius 1 is 1.04 bits per heavy atom. The molecule has 130 valence electrons. The van der Waals surface area contributed by atoms with Crippen LogP contribution in [0, 0.1) is 43.4 Å². The third-order valence-electron chi connectivity index (χ3n) is 2.78. The second-order valence-corrected chi connectivity index (χ2v) is 4.54. The van der Waals surface area contributed by atoms with Crippen molar-refractivity contribution in [2.45, 2.75) is 6.18 Å². The quantitative estimate of drug-likeness (QED) is 0.471. The van der Waals surface area contributed by atoms with E-state index in [0.29, 0.717) is 5.69 Å². The number of benzene rings is 1. The Hall–Kier alpha value is -2.24. The van der Waals surface area contributed by atoms with Crippen molar-refractivity contribution < 1.29 is 49.1 Å². The molecule has 0 aliphatic rings. The van der Waals surface area contributed by atoms with Gasteiger partial charge in [-0.15, -0.1) is 18.5 Å². The first-order valence-electron chi connectivity index (χ1n) is 6.88. The second-order valence-electron chi connectivity index (χ2n) is 4.54. The molecule has 0 spiro atoms. The fraction of sp³-hybridized carbons (Fsp3) is 0.0588. The second kappa shape index (κ2) is 10.7. The fourth-order valence-corrected chi connectivity index (χ4v) is 1.63. The molecule has 1 N–H and O–H groups in total. The Morgan fingerprint density at radius 3 is 2.12 bits per heavy atom. The molecule has 9 heteroatoms. The SMILES string of the molecule is O=C(Nc1cc[c-]nc1)c1ccc(C(F)(F)F)cc1.[U+2].[c-]1cncnc1. The average Bonchev–Trinajstić information content (AvgIpc) is 2.64. The summed E-state index contributed by atoms with van der Waals surface area (Å²) in [6, 6.07) is 9.75. The molecule has 0 saturated carbocycles. The van der Waals surface area contributed by atoms with E-state index in [1.165, 1.54) is 18.6 Å². The normalized spacial score (nSPS) is 9.96. The van der Waals surface area contributed by atoms with Crippen LogP contribution >= 0.6 is 0 Å². The minimum absolute atomic E-state index is 0. The zero-order valence-corrected chi connectivity index (χ0v) is 17.3. The van der Waals surface area contributed by atoms with Gasteiger partial charge in [0.15, 0.2) is 0 Å². The molecule has 2 heterocycles. The van der Waals surface area contributed by atoms with E-state index in [9.17, 15) is 18.0 Å². The molecule has 0 radical (unpaired) electrons. The topological polar surface area (TPSA) is 67.8 Å². The van der Waals surface area contributed by atoms with Crippen LogP contribution in [0.5, 0.6) is 0 Å². The van der Waals surface area contributed by atoms with Gasteiger partial charge in [-0.05, 0) is 24.3 Å². The van der Waals surface area contributed by atoms with E-state index in [4.69, 9.17) is 0 Å². The molecule has 3 rings (SSSR count). The Balaban J connectivity index is 0.000000410. The van der Waals surface area contributed by atoms with Crippen LogP contribution in [0.25, 0.3) is 0 Å². The Labute approximate surface area is 171 Å². The minimum atomic E-state index is -4.41. The molecule has 5 nitrogen and oxygen atoms in total. The Bertz CT molecular complexity index is 758. The van der Waals surface area contributed by atoms with E-state index in [1.807, 2.05) is 0 Å². The number of anilines is 1. The third kappa shape index (κ3) is 7.33. The predicted molar refractivity (Wildman–Crippen MR) is 83.3 cm³/mol. The van der Waals surface area contributed by atoms with Gasteiger partial charge in [0.25, 0.3) is 5.91 Å². The molecule has 1 aromatic carbocycles. The van der Waals surface area contributed by atoms with Crippen LogP contribution in [0.4, 0.5) is 18.9 Å². The van der Waals surface area contributed by atoms with Crippen molar-refractivity contribution in [3.05, 3.63) is 84.7 Å². The molecule has 0 aliphatic heterocycles. The zero-order chi connectivity index (χ0) is 18.1. The maximum atomic E-state index is 12.4. The summed E-state index contributed by atoms with van der Waals surface area (Å²) in [6.45, 7) is 0. The Morgan fingerprint density at radius 2 is 1.69 bits per heavy atom. The first-order chi connectivity index (χ1) is 12.0. The average molecular weight is 582 g/mol. The molecule has 0 atom stereocenters. The van der Waals surface area contributed by atoms with Crippen LogP contribution in [0.2, 0.25) is 0 Å². The van der Waals surface area contributed by atoms with Crippen molar-refractivity contribution in [3.63, 3.8) is 0 Å². The van der Waals surface area contributed by atoms with Gasteiger partial charge >= 0.3 is 37.3 Å². The summed E-state index contributed by atoms with van der Waals surface area (Å²) in [5.41, 5.74) is -0.204. The number of rotatable bonds is 2. The first-order valence-corrected chi connectivity index (χ1v) is 6.88. The van der Waals surface area contributed by atoms with Gasteiger partial charge in [0.2, 0.25) is 0 Å². The van der Waals surface area contributed by atoms with Crippen molar-refractivity contribution in [1.82, 2.24) is 15.0 Å². The standard InChI is InChI=1S/C13H8F3N2O.C4H3N2.U/c14-13(15,16)10-5-3-9(4-6-10)12(19)18-11-2-1-7-17-8-11;1-2-5-4-6-3-1;/h1-6,8H,(H,18,19);2-4H;/q2*-1;+2. The van der Waals surface area contributed by atoms with Crippen molar-refractivity contribution >= 4 is 11.6 Å².